The van der Waals surface area contributed by atoms with Crippen molar-refractivity contribution in [1.29, 1.82) is 0 Å². The second-order valence-corrected chi connectivity index (χ2v) is 7.89. The summed E-state index contributed by atoms with van der Waals surface area (Å²) < 4.78 is 20.7. The van der Waals surface area contributed by atoms with Gasteiger partial charge >= 0.3 is 6.09 Å². The number of nitrogens with one attached hydrogen (secondary N) is 2. The summed E-state index contributed by atoms with van der Waals surface area (Å²) in [4.78, 5) is 12.1. The molecule has 6 nitrogen and oxygen atoms in total. The molecule has 2 aromatic carbocycles. The fourth-order valence-electron chi connectivity index (χ4n) is 4.07. The Labute approximate surface area is 176 Å². The van der Waals surface area contributed by atoms with E-state index in [0.29, 0.717) is 33.0 Å². The van der Waals surface area contributed by atoms with Gasteiger partial charge in [-0.25, -0.2) is 9.18 Å². The van der Waals surface area contributed by atoms with Gasteiger partial charge in [-0.3, -0.25) is 5.10 Å². The molecule has 4 N–H and O–H groups in total. The number of ether oxygens (including phenoxy) is 1. The van der Waals surface area contributed by atoms with E-state index >= 15 is 0 Å². The number of amides is 1. The third kappa shape index (κ3) is 3.54. The molecule has 0 aliphatic carbocycles. The van der Waals surface area contributed by atoms with Crippen LogP contribution in [0.3, 0.4) is 0 Å². The Kier molecular flexibility index (Phi) is 5.38. The number of carbonyl (C=O) groups excluding carboxylic acids is 1. The van der Waals surface area contributed by atoms with Crippen LogP contribution in [0.4, 0.5) is 9.18 Å². The largest absolute Gasteiger partial charge is 0.432 e. The van der Waals surface area contributed by atoms with Crippen molar-refractivity contribution in [2.45, 2.75) is 30.9 Å². The van der Waals surface area contributed by atoms with E-state index < -0.39 is 17.5 Å². The zero-order chi connectivity index (χ0) is 20.6. The van der Waals surface area contributed by atoms with Crippen molar-refractivity contribution in [2.75, 3.05) is 6.54 Å². The van der Waals surface area contributed by atoms with Crippen molar-refractivity contribution < 1.29 is 13.9 Å². The zero-order valence-corrected chi connectivity index (χ0v) is 16.9. The maximum absolute atomic E-state index is 14.9. The summed E-state index contributed by atoms with van der Waals surface area (Å²) in [7, 11) is 0. The van der Waals surface area contributed by atoms with E-state index in [9.17, 15) is 9.18 Å². The fourth-order valence-corrected chi connectivity index (χ4v) is 4.37. The lowest BCUT2D eigenvalue weighted by molar-refractivity contribution is 0.00652. The average Bonchev–Trinajstić information content (AvgIpc) is 3.18. The van der Waals surface area contributed by atoms with Gasteiger partial charge in [0.05, 0.1) is 22.3 Å². The normalized spacial score (nSPS) is 19.1. The molecule has 1 fully saturated rings. The number of rotatable bonds is 4. The minimum Gasteiger partial charge on any atom is -0.432 e. The van der Waals surface area contributed by atoms with Crippen molar-refractivity contribution in [1.82, 2.24) is 15.5 Å². The lowest BCUT2D eigenvalue weighted by atomic mass is 9.76. The third-order valence-electron chi connectivity index (χ3n) is 5.34. The number of halogens is 3. The Morgan fingerprint density at radius 3 is 2.72 bits per heavy atom. The van der Waals surface area contributed by atoms with Gasteiger partial charge in [0.15, 0.2) is 5.60 Å². The van der Waals surface area contributed by atoms with Crippen LogP contribution in [0.1, 0.15) is 30.4 Å². The molecule has 0 spiro atoms. The molecule has 29 heavy (non-hydrogen) atoms. The predicted octanol–water partition coefficient (Wildman–Crippen LogP) is 4.49. The number of fused-ring (bicyclic) bond motifs is 1. The molecular weight excluding hydrogens is 418 g/mol. The van der Waals surface area contributed by atoms with Gasteiger partial charge in [-0.05, 0) is 43.7 Å². The van der Waals surface area contributed by atoms with E-state index in [1.807, 2.05) is 0 Å². The van der Waals surface area contributed by atoms with E-state index in [0.717, 1.165) is 19.4 Å². The Morgan fingerprint density at radius 2 is 2.03 bits per heavy atom. The molecule has 9 heteroatoms. The number of aromatic amines is 1. The number of hydrogen-bond acceptors (Lipinski definition) is 4. The summed E-state index contributed by atoms with van der Waals surface area (Å²) in [6.45, 7) is 0.728. The number of aromatic nitrogens is 2. The van der Waals surface area contributed by atoms with Gasteiger partial charge in [0, 0.05) is 16.5 Å². The van der Waals surface area contributed by atoms with E-state index in [1.165, 1.54) is 12.3 Å². The van der Waals surface area contributed by atoms with E-state index in [2.05, 4.69) is 15.5 Å². The second-order valence-electron chi connectivity index (χ2n) is 7.08. The summed E-state index contributed by atoms with van der Waals surface area (Å²) >= 11 is 12.4. The molecule has 4 rings (SSSR count). The lowest BCUT2D eigenvalue weighted by Crippen LogP contribution is -2.54. The maximum atomic E-state index is 14.9. The van der Waals surface area contributed by atoms with Gasteiger partial charge in [-0.1, -0.05) is 35.7 Å². The van der Waals surface area contributed by atoms with Crippen LogP contribution in [0.15, 0.2) is 36.5 Å². The van der Waals surface area contributed by atoms with Gasteiger partial charge in [-0.2, -0.15) is 5.10 Å². The summed E-state index contributed by atoms with van der Waals surface area (Å²) in [6.07, 6.45) is 3.13. The van der Waals surface area contributed by atoms with Crippen molar-refractivity contribution in [3.63, 3.8) is 0 Å². The minimum absolute atomic E-state index is 0.271. The number of carbonyl (C=O) groups is 1. The quantitative estimate of drug-likeness (QED) is 0.561. The van der Waals surface area contributed by atoms with Crippen molar-refractivity contribution >= 4 is 40.2 Å². The molecule has 2 heterocycles. The monoisotopic (exact) mass is 436 g/mol. The molecule has 152 valence electrons. The van der Waals surface area contributed by atoms with Gasteiger partial charge in [0.25, 0.3) is 0 Å². The molecule has 0 saturated carbocycles. The van der Waals surface area contributed by atoms with Crippen molar-refractivity contribution in [3.05, 3.63) is 63.5 Å². The zero-order valence-electron chi connectivity index (χ0n) is 15.3. The number of H-pyrrole nitrogens is 1. The van der Waals surface area contributed by atoms with Crippen LogP contribution < -0.4 is 11.1 Å². The van der Waals surface area contributed by atoms with Crippen LogP contribution in [-0.2, 0) is 10.3 Å². The maximum Gasteiger partial charge on any atom is 0.405 e. The summed E-state index contributed by atoms with van der Waals surface area (Å²) in [6, 6.07) is 7.69. The molecule has 0 bridgehead atoms. The van der Waals surface area contributed by atoms with Crippen molar-refractivity contribution in [3.8, 4) is 0 Å². The highest BCUT2D eigenvalue weighted by molar-refractivity contribution is 6.42. The highest BCUT2D eigenvalue weighted by atomic mass is 35.5. The standard InChI is InChI=1S/C20H19Cl2FN4O2/c21-14-5-4-12(8-15(14)22)20(29-19(24)28,17-3-1-2-6-25-17)13-7-11-10-26-27-18(11)16(23)9-13/h4-5,7-10,17,25H,1-3,6H2,(H2,24,28)(H,26,27). The second kappa shape index (κ2) is 7.82. The number of hydrogen-bond donors (Lipinski definition) is 3. The molecular formula is C20H19Cl2FN4O2. The van der Waals surface area contributed by atoms with Gasteiger partial charge < -0.3 is 15.8 Å². The Bertz CT molecular complexity index is 1070. The first-order valence-electron chi connectivity index (χ1n) is 9.22. The number of benzene rings is 2. The molecule has 1 aromatic heterocycles. The van der Waals surface area contributed by atoms with Crippen LogP contribution in [0.2, 0.25) is 10.0 Å². The third-order valence-corrected chi connectivity index (χ3v) is 6.08. The van der Waals surface area contributed by atoms with E-state index in [4.69, 9.17) is 33.7 Å². The van der Waals surface area contributed by atoms with Crippen LogP contribution in [-0.4, -0.2) is 28.9 Å². The molecule has 0 radical (unpaired) electrons. The lowest BCUT2D eigenvalue weighted by Gasteiger charge is -2.43. The van der Waals surface area contributed by atoms with Crippen LogP contribution in [0, 0.1) is 5.82 Å². The SMILES string of the molecule is NC(=O)OC(c1ccc(Cl)c(Cl)c1)(c1cc(F)c2[nH]ncc2c1)C1CCCCN1. The van der Waals surface area contributed by atoms with Crippen molar-refractivity contribution in [2.24, 2.45) is 5.73 Å². The Balaban J connectivity index is 2.01. The molecule has 2 atom stereocenters. The van der Waals surface area contributed by atoms with Crippen LogP contribution >= 0.6 is 23.2 Å². The highest BCUT2D eigenvalue weighted by Gasteiger charge is 2.47. The smallest absolute Gasteiger partial charge is 0.405 e. The van der Waals surface area contributed by atoms with E-state index in [-0.39, 0.29) is 11.6 Å². The molecule has 1 aliphatic heterocycles. The van der Waals surface area contributed by atoms with Gasteiger partial charge in [0.2, 0.25) is 0 Å². The predicted molar refractivity (Wildman–Crippen MR) is 110 cm³/mol. The van der Waals surface area contributed by atoms with E-state index in [1.54, 1.807) is 24.3 Å². The summed E-state index contributed by atoms with van der Waals surface area (Å²) in [5.41, 5.74) is 5.35. The number of nitrogens with two attached hydrogens (primary N) is 1. The Hall–Kier alpha value is -2.35. The molecule has 2 unspecified atom stereocenters. The molecule has 1 saturated heterocycles. The molecule has 3 aromatic rings. The van der Waals surface area contributed by atoms with Crippen LogP contribution in [0.5, 0.6) is 0 Å². The molecule has 1 aliphatic rings. The first-order valence-corrected chi connectivity index (χ1v) is 9.98. The Morgan fingerprint density at radius 1 is 1.21 bits per heavy atom. The fraction of sp³-hybridized carbons (Fsp3) is 0.300. The minimum atomic E-state index is -1.40. The van der Waals surface area contributed by atoms with Crippen LogP contribution in [0.25, 0.3) is 10.9 Å². The highest BCUT2D eigenvalue weighted by Crippen LogP contribution is 2.43. The summed E-state index contributed by atoms with van der Waals surface area (Å²) in [5, 5.41) is 11.1. The number of primary amides is 1. The van der Waals surface area contributed by atoms with Gasteiger partial charge in [0.1, 0.15) is 11.3 Å². The number of piperidine rings is 1. The van der Waals surface area contributed by atoms with Gasteiger partial charge in [-0.15, -0.1) is 0 Å². The summed E-state index contributed by atoms with van der Waals surface area (Å²) in [5.74, 6) is -0.511. The molecule has 1 amide bonds. The average molecular weight is 437 g/mol. The first-order chi connectivity index (χ1) is 13.9. The first kappa shape index (κ1) is 19.9. The topological polar surface area (TPSA) is 93.0 Å². The number of nitrogens with zero attached hydrogens (tertiary/aromatic N) is 1.